The van der Waals surface area contributed by atoms with Gasteiger partial charge in [0.1, 0.15) is 0 Å². The van der Waals surface area contributed by atoms with Gasteiger partial charge in [0.15, 0.2) is 5.82 Å². The van der Waals surface area contributed by atoms with Crippen LogP contribution in [0, 0.1) is 0 Å². The summed E-state index contributed by atoms with van der Waals surface area (Å²) < 4.78 is 3.37. The molecule has 3 N–H and O–H groups in total. The second kappa shape index (κ2) is 3.06. The average Bonchev–Trinajstić information content (AvgIpc) is 2.61. The van der Waals surface area contributed by atoms with Crippen molar-refractivity contribution in [3.63, 3.8) is 0 Å². The Morgan fingerprint density at radius 2 is 2.07 bits per heavy atom. The third-order valence-electron chi connectivity index (χ3n) is 1.82. The predicted molar refractivity (Wildman–Crippen MR) is 54.1 cm³/mol. The van der Waals surface area contributed by atoms with Crippen molar-refractivity contribution in [1.29, 1.82) is 0 Å². The molecule has 0 saturated heterocycles. The van der Waals surface area contributed by atoms with Gasteiger partial charge in [-0.05, 0) is 0 Å². The lowest BCUT2D eigenvalue weighted by molar-refractivity contribution is 0.767. The van der Waals surface area contributed by atoms with Gasteiger partial charge in [0.2, 0.25) is 0 Å². The maximum absolute atomic E-state index is 5.72. The summed E-state index contributed by atoms with van der Waals surface area (Å²) in [5.41, 5.74) is 7.22. The lowest BCUT2D eigenvalue weighted by Crippen LogP contribution is -1.94. The van der Waals surface area contributed by atoms with E-state index >= 15 is 0 Å². The van der Waals surface area contributed by atoms with Crippen LogP contribution in [-0.4, -0.2) is 19.6 Å². The van der Waals surface area contributed by atoms with Gasteiger partial charge < -0.3 is 11.1 Å². The Kier molecular flexibility index (Phi) is 1.88. The molecule has 6 heteroatoms. The minimum Gasteiger partial charge on any atom is -0.394 e. The SMILES string of the molecule is Cn1cc(Nc2nn(C)cc2N)cn1. The Balaban J connectivity index is 2.22. The average molecular weight is 192 g/mol. The van der Waals surface area contributed by atoms with Gasteiger partial charge in [-0.15, -0.1) is 0 Å². The predicted octanol–water partition coefficient (Wildman–Crippen LogP) is 0.479. The summed E-state index contributed by atoms with van der Waals surface area (Å²) in [7, 11) is 3.68. The molecule has 0 atom stereocenters. The molecule has 0 aliphatic rings. The minimum absolute atomic E-state index is 0.622. The maximum atomic E-state index is 5.72. The van der Waals surface area contributed by atoms with Crippen LogP contribution in [0.1, 0.15) is 0 Å². The number of nitrogens with zero attached hydrogens (tertiary/aromatic N) is 4. The minimum atomic E-state index is 0.622. The number of nitrogen functional groups attached to an aromatic ring is 1. The summed E-state index contributed by atoms with van der Waals surface area (Å²) in [4.78, 5) is 0. The van der Waals surface area contributed by atoms with E-state index in [1.54, 1.807) is 21.8 Å². The van der Waals surface area contributed by atoms with Crippen LogP contribution >= 0.6 is 0 Å². The van der Waals surface area contributed by atoms with Crippen LogP contribution in [0.3, 0.4) is 0 Å². The molecule has 0 radical (unpaired) electrons. The fourth-order valence-corrected chi connectivity index (χ4v) is 1.23. The number of nitrogens with two attached hydrogens (primary N) is 1. The first-order valence-electron chi connectivity index (χ1n) is 4.20. The van der Waals surface area contributed by atoms with Crippen molar-refractivity contribution >= 4 is 17.2 Å². The molecule has 0 unspecified atom stereocenters. The van der Waals surface area contributed by atoms with E-state index in [9.17, 15) is 0 Å². The molecule has 0 saturated carbocycles. The molecule has 0 spiro atoms. The first-order valence-corrected chi connectivity index (χ1v) is 4.20. The molecule has 2 heterocycles. The van der Waals surface area contributed by atoms with Crippen LogP contribution in [0.15, 0.2) is 18.6 Å². The molecule has 2 rings (SSSR count). The second-order valence-corrected chi connectivity index (χ2v) is 3.13. The van der Waals surface area contributed by atoms with Crippen LogP contribution in [0.4, 0.5) is 17.2 Å². The number of aromatic nitrogens is 4. The molecule has 2 aromatic heterocycles. The lowest BCUT2D eigenvalue weighted by Gasteiger charge is -1.98. The maximum Gasteiger partial charge on any atom is 0.175 e. The van der Waals surface area contributed by atoms with Crippen LogP contribution in [0.2, 0.25) is 0 Å². The second-order valence-electron chi connectivity index (χ2n) is 3.13. The summed E-state index contributed by atoms with van der Waals surface area (Å²) in [6, 6.07) is 0. The highest BCUT2D eigenvalue weighted by Crippen LogP contribution is 2.19. The number of rotatable bonds is 2. The Morgan fingerprint density at radius 1 is 1.29 bits per heavy atom. The van der Waals surface area contributed by atoms with Crippen molar-refractivity contribution < 1.29 is 0 Å². The van der Waals surface area contributed by atoms with Crippen LogP contribution in [0.25, 0.3) is 0 Å². The van der Waals surface area contributed by atoms with Gasteiger partial charge in [0.05, 0.1) is 17.6 Å². The monoisotopic (exact) mass is 192 g/mol. The van der Waals surface area contributed by atoms with Gasteiger partial charge in [-0.2, -0.15) is 10.2 Å². The highest BCUT2D eigenvalue weighted by Gasteiger charge is 2.04. The topological polar surface area (TPSA) is 73.7 Å². The van der Waals surface area contributed by atoms with Gasteiger partial charge in [-0.3, -0.25) is 9.36 Å². The zero-order chi connectivity index (χ0) is 10.1. The van der Waals surface area contributed by atoms with E-state index in [4.69, 9.17) is 5.73 Å². The molecule has 2 aromatic rings. The number of nitrogens with one attached hydrogen (secondary N) is 1. The van der Waals surface area contributed by atoms with Crippen molar-refractivity contribution in [2.45, 2.75) is 0 Å². The van der Waals surface area contributed by atoms with Crippen molar-refractivity contribution in [1.82, 2.24) is 19.6 Å². The van der Waals surface area contributed by atoms with E-state index in [0.717, 1.165) is 5.69 Å². The molecule has 0 aromatic carbocycles. The molecule has 74 valence electrons. The van der Waals surface area contributed by atoms with Crippen molar-refractivity contribution in [3.8, 4) is 0 Å². The third kappa shape index (κ3) is 1.54. The summed E-state index contributed by atoms with van der Waals surface area (Å²) in [5.74, 6) is 0.653. The zero-order valence-corrected chi connectivity index (χ0v) is 8.10. The quantitative estimate of drug-likeness (QED) is 0.725. The fourth-order valence-electron chi connectivity index (χ4n) is 1.23. The molecule has 14 heavy (non-hydrogen) atoms. The number of aryl methyl sites for hydroxylation is 2. The van der Waals surface area contributed by atoms with Crippen LogP contribution in [-0.2, 0) is 14.1 Å². The van der Waals surface area contributed by atoms with Gasteiger partial charge in [0, 0.05) is 26.5 Å². The molecule has 0 fully saturated rings. The Morgan fingerprint density at radius 3 is 2.57 bits per heavy atom. The van der Waals surface area contributed by atoms with E-state index in [1.165, 1.54) is 0 Å². The number of anilines is 3. The van der Waals surface area contributed by atoms with Gasteiger partial charge in [-0.25, -0.2) is 0 Å². The summed E-state index contributed by atoms with van der Waals surface area (Å²) >= 11 is 0. The molecular formula is C8H12N6. The highest BCUT2D eigenvalue weighted by atomic mass is 15.3. The smallest absolute Gasteiger partial charge is 0.175 e. The third-order valence-corrected chi connectivity index (χ3v) is 1.82. The van der Waals surface area contributed by atoms with Crippen molar-refractivity contribution in [2.24, 2.45) is 14.1 Å². The Bertz CT molecular complexity index is 440. The Labute approximate surface area is 81.3 Å². The largest absolute Gasteiger partial charge is 0.394 e. The van der Waals surface area contributed by atoms with E-state index in [-0.39, 0.29) is 0 Å². The van der Waals surface area contributed by atoms with Crippen molar-refractivity contribution in [3.05, 3.63) is 18.6 Å². The molecule has 0 amide bonds. The normalized spacial score (nSPS) is 10.4. The first kappa shape index (κ1) is 8.61. The number of hydrogen-bond acceptors (Lipinski definition) is 4. The van der Waals surface area contributed by atoms with E-state index in [1.807, 2.05) is 20.3 Å². The lowest BCUT2D eigenvalue weighted by atomic mass is 10.5. The standard InChI is InChI=1S/C8H12N6/c1-13-4-6(3-10-13)11-8-7(9)5-14(2)12-8/h3-5H,9H2,1-2H3,(H,11,12). The van der Waals surface area contributed by atoms with E-state index in [2.05, 4.69) is 15.5 Å². The first-order chi connectivity index (χ1) is 6.65. The molecular weight excluding hydrogens is 180 g/mol. The van der Waals surface area contributed by atoms with Crippen molar-refractivity contribution in [2.75, 3.05) is 11.1 Å². The van der Waals surface area contributed by atoms with E-state index < -0.39 is 0 Å². The zero-order valence-electron chi connectivity index (χ0n) is 8.10. The fraction of sp³-hybridized carbons (Fsp3) is 0.250. The summed E-state index contributed by atoms with van der Waals surface area (Å²) in [6.45, 7) is 0. The molecule has 0 aliphatic heterocycles. The van der Waals surface area contributed by atoms with Gasteiger partial charge in [-0.1, -0.05) is 0 Å². The Hall–Kier alpha value is -1.98. The van der Waals surface area contributed by atoms with Crippen LogP contribution < -0.4 is 11.1 Å². The summed E-state index contributed by atoms with van der Waals surface area (Å²) in [5, 5.41) is 11.3. The molecule has 6 nitrogen and oxygen atoms in total. The van der Waals surface area contributed by atoms with E-state index in [0.29, 0.717) is 11.5 Å². The number of hydrogen-bond donors (Lipinski definition) is 2. The summed E-state index contributed by atoms with van der Waals surface area (Å²) in [6.07, 6.45) is 5.32. The van der Waals surface area contributed by atoms with Crippen LogP contribution in [0.5, 0.6) is 0 Å². The highest BCUT2D eigenvalue weighted by molar-refractivity contribution is 5.67. The molecule has 0 aliphatic carbocycles. The van der Waals surface area contributed by atoms with Gasteiger partial charge >= 0.3 is 0 Å². The molecule has 0 bridgehead atoms. The van der Waals surface area contributed by atoms with Gasteiger partial charge in [0.25, 0.3) is 0 Å².